The van der Waals surface area contributed by atoms with E-state index in [2.05, 4.69) is 152 Å². The number of hydrogen-bond donors (Lipinski definition) is 0. The van der Waals surface area contributed by atoms with E-state index in [4.69, 9.17) is 0 Å². The predicted molar refractivity (Wildman–Crippen MR) is 195 cm³/mol. The van der Waals surface area contributed by atoms with Crippen molar-refractivity contribution >= 4 is 32.3 Å². The monoisotopic (exact) mass is 590 g/mol. The smallest absolute Gasteiger partial charge is 0.0347 e. The molecule has 0 saturated heterocycles. The Balaban J connectivity index is 1.32. The van der Waals surface area contributed by atoms with Gasteiger partial charge in [-0.25, -0.2) is 0 Å². The van der Waals surface area contributed by atoms with Crippen molar-refractivity contribution in [3.8, 4) is 44.5 Å². The average Bonchev–Trinajstić information content (AvgIpc) is 3.10. The molecule has 2 heterocycles. The van der Waals surface area contributed by atoms with Crippen LogP contribution >= 0.6 is 0 Å². The highest BCUT2D eigenvalue weighted by Gasteiger charge is 2.19. The largest absolute Gasteiger partial charge is 0.264 e. The van der Waals surface area contributed by atoms with Gasteiger partial charge in [-0.15, -0.1) is 0 Å². The van der Waals surface area contributed by atoms with Gasteiger partial charge in [0.25, 0.3) is 0 Å². The summed E-state index contributed by atoms with van der Waals surface area (Å²) in [6.45, 7) is 6.85. The lowest BCUT2D eigenvalue weighted by Crippen LogP contribution is -2.10. The highest BCUT2D eigenvalue weighted by atomic mass is 14.6. The summed E-state index contributed by atoms with van der Waals surface area (Å²) in [6, 6.07) is 46.7. The molecule has 0 N–H and O–H groups in total. The minimum atomic E-state index is 0.0711. The van der Waals surface area contributed by atoms with Crippen LogP contribution in [0.5, 0.6) is 0 Å². The fraction of sp³-hybridized carbons (Fsp3) is 0.0909. The minimum Gasteiger partial charge on any atom is -0.264 e. The molecule has 0 bridgehead atoms. The molecule has 8 aromatic rings. The molecule has 2 aromatic heterocycles. The molecule has 0 aliphatic carbocycles. The lowest BCUT2D eigenvalue weighted by atomic mass is 9.82. The van der Waals surface area contributed by atoms with E-state index in [-0.39, 0.29) is 5.41 Å². The average molecular weight is 591 g/mol. The van der Waals surface area contributed by atoms with Crippen LogP contribution in [0.25, 0.3) is 76.8 Å². The minimum absolute atomic E-state index is 0.0711. The molecule has 2 heteroatoms. The maximum atomic E-state index is 4.58. The molecule has 0 aliphatic rings. The van der Waals surface area contributed by atoms with Crippen LogP contribution in [0.2, 0.25) is 0 Å². The Morgan fingerprint density at radius 2 is 0.935 bits per heavy atom. The molecule has 0 fully saturated rings. The van der Waals surface area contributed by atoms with Crippen LogP contribution in [0.15, 0.2) is 152 Å². The lowest BCUT2D eigenvalue weighted by Gasteiger charge is -2.22. The third kappa shape index (κ3) is 4.93. The van der Waals surface area contributed by atoms with Gasteiger partial charge in [-0.3, -0.25) is 9.97 Å². The van der Waals surface area contributed by atoms with Gasteiger partial charge in [0.2, 0.25) is 0 Å². The van der Waals surface area contributed by atoms with E-state index in [1.807, 2.05) is 24.7 Å². The maximum absolute atomic E-state index is 4.58. The number of rotatable bonds is 4. The molecule has 0 saturated carbocycles. The highest BCUT2D eigenvalue weighted by Crippen LogP contribution is 2.44. The zero-order valence-corrected chi connectivity index (χ0v) is 26.3. The van der Waals surface area contributed by atoms with Crippen LogP contribution in [0.4, 0.5) is 0 Å². The van der Waals surface area contributed by atoms with Crippen LogP contribution in [0, 0.1) is 0 Å². The summed E-state index contributed by atoms with van der Waals surface area (Å²) in [4.78, 5) is 8.87. The van der Waals surface area contributed by atoms with Gasteiger partial charge in [-0.05, 0) is 95.4 Å². The summed E-state index contributed by atoms with van der Waals surface area (Å²) in [5, 5.41) is 7.50. The van der Waals surface area contributed by atoms with Gasteiger partial charge in [-0.2, -0.15) is 0 Å². The molecule has 46 heavy (non-hydrogen) atoms. The third-order valence-corrected chi connectivity index (χ3v) is 9.14. The van der Waals surface area contributed by atoms with Crippen molar-refractivity contribution in [2.24, 2.45) is 0 Å². The summed E-state index contributed by atoms with van der Waals surface area (Å²) < 4.78 is 0. The van der Waals surface area contributed by atoms with Crippen molar-refractivity contribution in [1.82, 2.24) is 9.97 Å². The van der Waals surface area contributed by atoms with E-state index in [0.29, 0.717) is 0 Å². The maximum Gasteiger partial charge on any atom is 0.0347 e. The van der Waals surface area contributed by atoms with Gasteiger partial charge in [0.15, 0.2) is 0 Å². The van der Waals surface area contributed by atoms with E-state index in [9.17, 15) is 0 Å². The topological polar surface area (TPSA) is 25.8 Å². The molecular weight excluding hydrogens is 556 g/mol. The second-order valence-electron chi connectivity index (χ2n) is 13.2. The molecule has 0 unspecified atom stereocenters. The number of fused-ring (bicyclic) bond motifs is 3. The summed E-state index contributed by atoms with van der Waals surface area (Å²) in [6.07, 6.45) is 7.53. The normalized spacial score (nSPS) is 11.8. The number of benzene rings is 6. The fourth-order valence-electron chi connectivity index (χ4n) is 6.76. The SMILES string of the molecule is CC(C)(C)c1cccc(-c2c3ccccc3c(-c3ccc4ccc(-c5cncc(-c6cccnc6)c5)cc4c3)c3ccccc23)c1. The van der Waals surface area contributed by atoms with Crippen LogP contribution < -0.4 is 0 Å². The molecular formula is C44H34N2. The fourth-order valence-corrected chi connectivity index (χ4v) is 6.76. The van der Waals surface area contributed by atoms with Crippen molar-refractivity contribution in [1.29, 1.82) is 0 Å². The Hall–Kier alpha value is -5.60. The van der Waals surface area contributed by atoms with E-state index in [1.54, 1.807) is 6.20 Å². The van der Waals surface area contributed by atoms with Crippen LogP contribution in [0.3, 0.4) is 0 Å². The Kier molecular flexibility index (Phi) is 6.73. The molecule has 0 atom stereocenters. The van der Waals surface area contributed by atoms with Gasteiger partial charge >= 0.3 is 0 Å². The van der Waals surface area contributed by atoms with Gasteiger partial charge in [-0.1, -0.05) is 124 Å². The van der Waals surface area contributed by atoms with Crippen LogP contribution in [-0.2, 0) is 5.41 Å². The predicted octanol–water partition coefficient (Wildman–Crippen LogP) is 11.9. The molecule has 8 rings (SSSR count). The molecule has 0 aliphatic heterocycles. The lowest BCUT2D eigenvalue weighted by molar-refractivity contribution is 0.590. The van der Waals surface area contributed by atoms with Crippen molar-refractivity contribution in [3.63, 3.8) is 0 Å². The number of nitrogens with zero attached hydrogens (tertiary/aromatic N) is 2. The van der Waals surface area contributed by atoms with Gasteiger partial charge in [0.05, 0.1) is 0 Å². The number of aromatic nitrogens is 2. The second kappa shape index (κ2) is 11.1. The zero-order chi connectivity index (χ0) is 31.3. The first kappa shape index (κ1) is 27.9. The summed E-state index contributed by atoms with van der Waals surface area (Å²) >= 11 is 0. The van der Waals surface area contributed by atoms with Crippen molar-refractivity contribution in [3.05, 3.63) is 158 Å². The van der Waals surface area contributed by atoms with E-state index < -0.39 is 0 Å². The zero-order valence-electron chi connectivity index (χ0n) is 26.3. The van der Waals surface area contributed by atoms with Crippen LogP contribution in [-0.4, -0.2) is 9.97 Å². The summed E-state index contributed by atoms with van der Waals surface area (Å²) in [7, 11) is 0. The van der Waals surface area contributed by atoms with Crippen LogP contribution in [0.1, 0.15) is 26.3 Å². The highest BCUT2D eigenvalue weighted by molar-refractivity contribution is 6.21. The van der Waals surface area contributed by atoms with Gasteiger partial charge in [0, 0.05) is 41.5 Å². The van der Waals surface area contributed by atoms with Gasteiger partial charge < -0.3 is 0 Å². The number of pyridine rings is 2. The Morgan fingerprint density at radius 1 is 0.391 bits per heavy atom. The first-order chi connectivity index (χ1) is 22.4. The molecule has 0 spiro atoms. The standard InChI is InChI=1S/C44H34N2/c1-44(2,3)37-12-8-10-31(25-37)42-38-13-4-6-15-40(38)43(41-16-7-5-14-39(41)42)32-20-18-29-17-19-30(22-34(29)23-32)35-24-36(28-46-27-35)33-11-9-21-45-26-33/h4-28H,1-3H3. The Labute approximate surface area is 270 Å². The molecule has 220 valence electrons. The summed E-state index contributed by atoms with van der Waals surface area (Å²) in [5.74, 6) is 0. The molecule has 6 aromatic carbocycles. The Morgan fingerprint density at radius 3 is 1.54 bits per heavy atom. The first-order valence-electron chi connectivity index (χ1n) is 15.9. The Bertz CT molecular complexity index is 2340. The van der Waals surface area contributed by atoms with E-state index in [1.165, 1.54) is 60.1 Å². The van der Waals surface area contributed by atoms with Gasteiger partial charge in [0.1, 0.15) is 0 Å². The van der Waals surface area contributed by atoms with Crippen molar-refractivity contribution in [2.75, 3.05) is 0 Å². The molecule has 0 radical (unpaired) electrons. The number of hydrogen-bond acceptors (Lipinski definition) is 2. The second-order valence-corrected chi connectivity index (χ2v) is 13.2. The third-order valence-electron chi connectivity index (χ3n) is 9.14. The molecule has 0 amide bonds. The van der Waals surface area contributed by atoms with E-state index >= 15 is 0 Å². The van der Waals surface area contributed by atoms with Crippen molar-refractivity contribution < 1.29 is 0 Å². The summed E-state index contributed by atoms with van der Waals surface area (Å²) in [5.41, 5.74) is 10.8. The first-order valence-corrected chi connectivity index (χ1v) is 15.9. The quantitative estimate of drug-likeness (QED) is 0.191. The van der Waals surface area contributed by atoms with Crippen molar-refractivity contribution in [2.45, 2.75) is 26.2 Å². The molecule has 2 nitrogen and oxygen atoms in total. The van der Waals surface area contributed by atoms with E-state index in [0.717, 1.165) is 22.3 Å².